The molecule has 11 heavy (non-hydrogen) atoms. The van der Waals surface area contributed by atoms with E-state index in [1.807, 2.05) is 6.92 Å². The van der Waals surface area contributed by atoms with Gasteiger partial charge in [-0.05, 0) is 19.4 Å². The lowest BCUT2D eigenvalue weighted by molar-refractivity contribution is -0.142. The summed E-state index contributed by atoms with van der Waals surface area (Å²) in [5.41, 5.74) is 0.787. The molecule has 0 aliphatic rings. The Morgan fingerprint density at radius 1 is 1.73 bits per heavy atom. The molecule has 0 aromatic heterocycles. The minimum absolute atomic E-state index is 0.0344. The first-order chi connectivity index (χ1) is 5.11. The predicted octanol–water partition coefficient (Wildman–Crippen LogP) is 0.877. The second-order valence-corrected chi connectivity index (χ2v) is 2.33. The van der Waals surface area contributed by atoms with Crippen LogP contribution in [0.3, 0.4) is 0 Å². The molecule has 0 fully saturated rings. The summed E-state index contributed by atoms with van der Waals surface area (Å²) in [7, 11) is 1.31. The quantitative estimate of drug-likeness (QED) is 0.490. The van der Waals surface area contributed by atoms with Crippen molar-refractivity contribution in [1.29, 1.82) is 0 Å². The van der Waals surface area contributed by atoms with E-state index >= 15 is 0 Å². The number of carbonyl (C=O) groups excluding carboxylic acids is 1. The first kappa shape index (κ1) is 10.2. The maximum atomic E-state index is 10.6. The van der Waals surface area contributed by atoms with E-state index in [0.717, 1.165) is 5.57 Å². The normalized spacial score (nSPS) is 14.4. The van der Waals surface area contributed by atoms with Gasteiger partial charge in [-0.25, -0.2) is 0 Å². The van der Waals surface area contributed by atoms with Gasteiger partial charge in [0.25, 0.3) is 0 Å². The van der Waals surface area contributed by atoms with Gasteiger partial charge in [0.1, 0.15) is 0 Å². The Morgan fingerprint density at radius 3 is 2.64 bits per heavy atom. The minimum Gasteiger partial charge on any atom is -0.469 e. The number of hydrogen-bond acceptors (Lipinski definition) is 3. The molecule has 0 radical (unpaired) electrons. The van der Waals surface area contributed by atoms with Gasteiger partial charge in [-0.3, -0.25) is 4.79 Å². The minimum atomic E-state index is -0.701. The maximum Gasteiger partial charge on any atom is 0.308 e. The highest BCUT2D eigenvalue weighted by Crippen LogP contribution is 2.05. The van der Waals surface area contributed by atoms with Crippen molar-refractivity contribution >= 4 is 5.97 Å². The summed E-state index contributed by atoms with van der Waals surface area (Å²) in [5.74, 6) is -0.390. The molecule has 0 spiro atoms. The first-order valence-electron chi connectivity index (χ1n) is 3.49. The topological polar surface area (TPSA) is 46.5 Å². The number of rotatable bonds is 3. The lowest BCUT2D eigenvalue weighted by Gasteiger charge is -2.08. The number of aliphatic hydroxyl groups excluding tert-OH is 1. The zero-order valence-corrected chi connectivity index (χ0v) is 7.13. The molecule has 0 heterocycles. The zero-order chi connectivity index (χ0) is 8.85. The molecule has 1 atom stereocenters. The molecule has 0 bridgehead atoms. The zero-order valence-electron chi connectivity index (χ0n) is 7.13. The van der Waals surface area contributed by atoms with Gasteiger partial charge in [-0.15, -0.1) is 0 Å². The van der Waals surface area contributed by atoms with Gasteiger partial charge in [0, 0.05) is 0 Å². The van der Waals surface area contributed by atoms with Crippen molar-refractivity contribution in [2.75, 3.05) is 7.11 Å². The van der Waals surface area contributed by atoms with Crippen LogP contribution in [-0.2, 0) is 9.53 Å². The molecule has 1 unspecified atom stereocenters. The van der Waals surface area contributed by atoms with E-state index in [1.165, 1.54) is 7.11 Å². The first-order valence-corrected chi connectivity index (χ1v) is 3.49. The van der Waals surface area contributed by atoms with E-state index in [-0.39, 0.29) is 6.42 Å². The van der Waals surface area contributed by atoms with Crippen LogP contribution in [0.15, 0.2) is 11.6 Å². The molecular formula is C8H14O3. The van der Waals surface area contributed by atoms with E-state index in [1.54, 1.807) is 13.0 Å². The van der Waals surface area contributed by atoms with Crippen LogP contribution < -0.4 is 0 Å². The lowest BCUT2D eigenvalue weighted by Crippen LogP contribution is -2.15. The van der Waals surface area contributed by atoms with E-state index in [2.05, 4.69) is 4.74 Å². The molecule has 1 N–H and O–H groups in total. The molecule has 3 heteroatoms. The Morgan fingerprint density at radius 2 is 2.27 bits per heavy atom. The van der Waals surface area contributed by atoms with E-state index in [4.69, 9.17) is 0 Å². The molecule has 0 aromatic rings. The number of ether oxygens (including phenoxy) is 1. The van der Waals surface area contributed by atoms with Crippen molar-refractivity contribution in [3.8, 4) is 0 Å². The van der Waals surface area contributed by atoms with Crippen molar-refractivity contribution in [2.24, 2.45) is 0 Å². The highest BCUT2D eigenvalue weighted by atomic mass is 16.5. The molecule has 3 nitrogen and oxygen atoms in total. The lowest BCUT2D eigenvalue weighted by atomic mass is 10.1. The second kappa shape index (κ2) is 4.91. The van der Waals surface area contributed by atoms with Crippen molar-refractivity contribution in [3.63, 3.8) is 0 Å². The standard InChI is InChI=1S/C8H14O3/c1-4-6(2)7(9)5-8(10)11-3/h4,7,9H,5H2,1-3H3/b6-4+. The van der Waals surface area contributed by atoms with Crippen molar-refractivity contribution in [2.45, 2.75) is 26.4 Å². The number of hydrogen-bond donors (Lipinski definition) is 1. The summed E-state index contributed by atoms with van der Waals surface area (Å²) in [4.78, 5) is 10.6. The number of esters is 1. The summed E-state index contributed by atoms with van der Waals surface area (Å²) >= 11 is 0. The Labute approximate surface area is 66.7 Å². The monoisotopic (exact) mass is 158 g/mol. The second-order valence-electron chi connectivity index (χ2n) is 2.33. The molecule has 0 amide bonds. The molecule has 0 aromatic carbocycles. The van der Waals surface area contributed by atoms with Crippen LogP contribution in [0.5, 0.6) is 0 Å². The van der Waals surface area contributed by atoms with Gasteiger partial charge >= 0.3 is 5.97 Å². The summed E-state index contributed by atoms with van der Waals surface area (Å²) in [6.07, 6.45) is 1.10. The van der Waals surface area contributed by atoms with Gasteiger partial charge in [-0.1, -0.05) is 6.08 Å². The summed E-state index contributed by atoms with van der Waals surface area (Å²) in [5, 5.41) is 9.25. The van der Waals surface area contributed by atoms with Gasteiger partial charge in [0.2, 0.25) is 0 Å². The van der Waals surface area contributed by atoms with Crippen LogP contribution >= 0.6 is 0 Å². The predicted molar refractivity (Wildman–Crippen MR) is 42.1 cm³/mol. The van der Waals surface area contributed by atoms with Crippen LogP contribution in [0.25, 0.3) is 0 Å². The van der Waals surface area contributed by atoms with Crippen molar-refractivity contribution < 1.29 is 14.6 Å². The Balaban J connectivity index is 3.87. The third-order valence-electron chi connectivity index (χ3n) is 1.57. The summed E-state index contributed by atoms with van der Waals surface area (Å²) in [6.45, 7) is 3.59. The fraction of sp³-hybridized carbons (Fsp3) is 0.625. The van der Waals surface area contributed by atoms with Crippen LogP contribution in [-0.4, -0.2) is 24.3 Å². The summed E-state index contributed by atoms with van der Waals surface area (Å²) < 4.78 is 4.39. The number of methoxy groups -OCH3 is 1. The van der Waals surface area contributed by atoms with Gasteiger partial charge < -0.3 is 9.84 Å². The Bertz CT molecular complexity index is 161. The molecule has 64 valence electrons. The number of allylic oxidation sites excluding steroid dienone is 1. The average molecular weight is 158 g/mol. The number of carbonyl (C=O) groups is 1. The highest BCUT2D eigenvalue weighted by molar-refractivity contribution is 5.70. The SMILES string of the molecule is C/C=C(\C)C(O)CC(=O)OC. The van der Waals surface area contributed by atoms with Crippen LogP contribution in [0.2, 0.25) is 0 Å². The summed E-state index contributed by atoms with van der Waals surface area (Å²) in [6, 6.07) is 0. The van der Waals surface area contributed by atoms with E-state index < -0.39 is 12.1 Å². The fourth-order valence-corrected chi connectivity index (χ4v) is 0.595. The Kier molecular flexibility index (Phi) is 4.54. The van der Waals surface area contributed by atoms with Gasteiger partial charge in [-0.2, -0.15) is 0 Å². The fourth-order valence-electron chi connectivity index (χ4n) is 0.595. The van der Waals surface area contributed by atoms with E-state index in [0.29, 0.717) is 0 Å². The highest BCUT2D eigenvalue weighted by Gasteiger charge is 2.11. The molecule has 0 saturated heterocycles. The van der Waals surface area contributed by atoms with Gasteiger partial charge in [0.05, 0.1) is 19.6 Å². The number of aliphatic hydroxyl groups is 1. The smallest absolute Gasteiger partial charge is 0.308 e. The Hall–Kier alpha value is -0.830. The van der Waals surface area contributed by atoms with Gasteiger partial charge in [0.15, 0.2) is 0 Å². The molecular weight excluding hydrogens is 144 g/mol. The third kappa shape index (κ3) is 3.78. The van der Waals surface area contributed by atoms with Crippen LogP contribution in [0.1, 0.15) is 20.3 Å². The van der Waals surface area contributed by atoms with E-state index in [9.17, 15) is 9.90 Å². The molecule has 0 aliphatic heterocycles. The maximum absolute atomic E-state index is 10.6. The third-order valence-corrected chi connectivity index (χ3v) is 1.57. The molecule has 0 saturated carbocycles. The van der Waals surface area contributed by atoms with Crippen molar-refractivity contribution in [1.82, 2.24) is 0 Å². The average Bonchev–Trinajstić information content (AvgIpc) is 2.02. The largest absolute Gasteiger partial charge is 0.469 e. The molecule has 0 aliphatic carbocycles. The van der Waals surface area contributed by atoms with Crippen LogP contribution in [0, 0.1) is 0 Å². The van der Waals surface area contributed by atoms with Crippen molar-refractivity contribution in [3.05, 3.63) is 11.6 Å². The van der Waals surface area contributed by atoms with Crippen LogP contribution in [0.4, 0.5) is 0 Å². The molecule has 0 rings (SSSR count).